The Morgan fingerprint density at radius 2 is 1.83 bits per heavy atom. The standard InChI is InChI=1S/C33H41N7O2/c1-5-38-14-16-39(17-15-38)12-6-7-13-40-28-11-8-22(21(2)36-42-4)18-24(28)30-25-19-34-33(41)31(25)29-23(32(30)40)9-10-27-26(29)20-37(3)35-27/h8,11,18,20H,5-7,9-10,12-17,19H2,1-4H3,(H,34,41)/b36-21+. The number of nitrogens with one attached hydrogen (secondary N) is 1. The van der Waals surface area contributed by atoms with Gasteiger partial charge in [-0.3, -0.25) is 9.48 Å². The number of hydrogen-bond acceptors (Lipinski definition) is 6. The van der Waals surface area contributed by atoms with Gasteiger partial charge in [0.25, 0.3) is 5.91 Å². The van der Waals surface area contributed by atoms with Crippen LogP contribution in [0.5, 0.6) is 0 Å². The number of unbranched alkanes of at least 4 members (excludes halogenated alkanes) is 1. The van der Waals surface area contributed by atoms with Gasteiger partial charge in [-0.15, -0.1) is 0 Å². The molecule has 42 heavy (non-hydrogen) atoms. The Hall–Kier alpha value is -3.69. The van der Waals surface area contributed by atoms with Crippen molar-refractivity contribution >= 4 is 33.4 Å². The molecule has 1 aliphatic carbocycles. The van der Waals surface area contributed by atoms with E-state index in [1.807, 2.05) is 18.7 Å². The van der Waals surface area contributed by atoms with Crippen LogP contribution in [0.15, 0.2) is 29.6 Å². The third-order valence-electron chi connectivity index (χ3n) is 9.61. The van der Waals surface area contributed by atoms with Gasteiger partial charge in [0.15, 0.2) is 0 Å². The highest BCUT2D eigenvalue weighted by Gasteiger charge is 2.35. The summed E-state index contributed by atoms with van der Waals surface area (Å²) >= 11 is 0. The number of nitrogens with zero attached hydrogens (tertiary/aromatic N) is 6. The molecule has 0 bridgehead atoms. The molecule has 3 aliphatic rings. The van der Waals surface area contributed by atoms with Crippen LogP contribution in [0.4, 0.5) is 0 Å². The maximum absolute atomic E-state index is 13.4. The Morgan fingerprint density at radius 3 is 2.62 bits per heavy atom. The SMILES string of the molecule is CCN1CCN(CCCCn2c3ccc(/C(C)=N/OC)cc3c3c4c(c5c(c32)CCc2nn(C)cc2-5)C(=O)NC4)CC1. The third kappa shape index (κ3) is 4.41. The quantitative estimate of drug-likeness (QED) is 0.195. The summed E-state index contributed by atoms with van der Waals surface area (Å²) in [6, 6.07) is 6.63. The lowest BCUT2D eigenvalue weighted by atomic mass is 9.82. The highest BCUT2D eigenvalue weighted by atomic mass is 16.6. The monoisotopic (exact) mass is 567 g/mol. The van der Waals surface area contributed by atoms with Gasteiger partial charge >= 0.3 is 0 Å². The third-order valence-corrected chi connectivity index (χ3v) is 9.61. The van der Waals surface area contributed by atoms with Gasteiger partial charge < -0.3 is 24.5 Å². The summed E-state index contributed by atoms with van der Waals surface area (Å²) in [4.78, 5) is 23.7. The fourth-order valence-corrected chi connectivity index (χ4v) is 7.50. The molecule has 1 saturated heterocycles. The summed E-state index contributed by atoms with van der Waals surface area (Å²) in [5.41, 5.74) is 10.9. The lowest BCUT2D eigenvalue weighted by Crippen LogP contribution is -2.46. The Morgan fingerprint density at radius 1 is 1.05 bits per heavy atom. The number of amides is 1. The van der Waals surface area contributed by atoms with Gasteiger partial charge in [-0.25, -0.2) is 0 Å². The molecular formula is C33H41N7O2. The number of piperazine rings is 1. The first-order chi connectivity index (χ1) is 20.5. The zero-order valence-electron chi connectivity index (χ0n) is 25.3. The van der Waals surface area contributed by atoms with Crippen molar-refractivity contribution in [2.45, 2.75) is 52.6 Å². The minimum absolute atomic E-state index is 0.0252. The molecule has 9 heteroatoms. The van der Waals surface area contributed by atoms with Crippen LogP contribution in [0.1, 0.15) is 59.4 Å². The second-order valence-corrected chi connectivity index (χ2v) is 12.0. The van der Waals surface area contributed by atoms with Gasteiger partial charge in [0.05, 0.1) is 22.5 Å². The molecular weight excluding hydrogens is 526 g/mol. The first kappa shape index (κ1) is 27.2. The van der Waals surface area contributed by atoms with Crippen LogP contribution in [-0.2, 0) is 37.8 Å². The summed E-state index contributed by atoms with van der Waals surface area (Å²) in [7, 11) is 3.56. The predicted molar refractivity (Wildman–Crippen MR) is 167 cm³/mol. The molecule has 0 atom stereocenters. The number of aromatic nitrogens is 3. The van der Waals surface area contributed by atoms with Crippen LogP contribution in [0.2, 0.25) is 0 Å². The van der Waals surface area contributed by atoms with E-state index in [2.05, 4.69) is 56.2 Å². The number of oxime groups is 1. The maximum atomic E-state index is 13.4. The molecule has 1 amide bonds. The highest BCUT2D eigenvalue weighted by molar-refractivity contribution is 6.20. The zero-order chi connectivity index (χ0) is 29.0. The van der Waals surface area contributed by atoms with Crippen molar-refractivity contribution in [3.63, 3.8) is 0 Å². The smallest absolute Gasteiger partial charge is 0.252 e. The van der Waals surface area contributed by atoms with E-state index in [1.165, 1.54) is 60.0 Å². The highest BCUT2D eigenvalue weighted by Crippen LogP contribution is 2.47. The van der Waals surface area contributed by atoms with Crippen molar-refractivity contribution in [3.8, 4) is 11.1 Å². The number of benzene rings is 2. The van der Waals surface area contributed by atoms with Crippen molar-refractivity contribution in [1.82, 2.24) is 29.5 Å². The van der Waals surface area contributed by atoms with Gasteiger partial charge in [-0.05, 0) is 74.5 Å². The summed E-state index contributed by atoms with van der Waals surface area (Å²) in [5.74, 6) is 0.0252. The Kier molecular flexibility index (Phi) is 7.02. The number of hydrogen-bond donors (Lipinski definition) is 1. The van der Waals surface area contributed by atoms with E-state index in [4.69, 9.17) is 9.94 Å². The number of aryl methyl sites for hydroxylation is 4. The second-order valence-electron chi connectivity index (χ2n) is 12.0. The first-order valence-electron chi connectivity index (χ1n) is 15.5. The Balaban J connectivity index is 1.35. The number of carbonyl (C=O) groups is 1. The fourth-order valence-electron chi connectivity index (χ4n) is 7.50. The molecule has 4 aromatic rings. The lowest BCUT2D eigenvalue weighted by Gasteiger charge is -2.34. The van der Waals surface area contributed by atoms with Crippen molar-refractivity contribution in [1.29, 1.82) is 0 Å². The van der Waals surface area contributed by atoms with Gasteiger partial charge in [0.2, 0.25) is 0 Å². The van der Waals surface area contributed by atoms with E-state index in [-0.39, 0.29) is 5.91 Å². The molecule has 0 unspecified atom stereocenters. The summed E-state index contributed by atoms with van der Waals surface area (Å²) in [6.45, 7) is 12.7. The minimum atomic E-state index is 0.0252. The van der Waals surface area contributed by atoms with Gasteiger partial charge in [-0.1, -0.05) is 18.1 Å². The number of likely N-dealkylation sites (N-methyl/N-ethyl adjacent to an activating group) is 1. The van der Waals surface area contributed by atoms with E-state index >= 15 is 0 Å². The average molecular weight is 568 g/mol. The molecule has 2 aliphatic heterocycles. The minimum Gasteiger partial charge on any atom is -0.399 e. The molecule has 4 heterocycles. The van der Waals surface area contributed by atoms with Gasteiger partial charge in [-0.2, -0.15) is 5.10 Å². The van der Waals surface area contributed by atoms with Gasteiger partial charge in [0.1, 0.15) is 7.11 Å². The molecule has 2 aromatic heterocycles. The predicted octanol–water partition coefficient (Wildman–Crippen LogP) is 4.33. The van der Waals surface area contributed by atoms with Crippen molar-refractivity contribution in [2.24, 2.45) is 12.2 Å². The van der Waals surface area contributed by atoms with E-state index in [0.717, 1.165) is 78.1 Å². The molecule has 9 nitrogen and oxygen atoms in total. The van der Waals surface area contributed by atoms with E-state index < -0.39 is 0 Å². The first-order valence-corrected chi connectivity index (χ1v) is 15.5. The van der Waals surface area contributed by atoms with Gasteiger partial charge in [0, 0.05) is 79.9 Å². The lowest BCUT2D eigenvalue weighted by molar-refractivity contribution is 0.0966. The van der Waals surface area contributed by atoms with E-state index in [9.17, 15) is 4.79 Å². The molecule has 0 radical (unpaired) electrons. The van der Waals surface area contributed by atoms with Crippen molar-refractivity contribution in [2.75, 3.05) is 46.4 Å². The Labute approximate surface area is 247 Å². The van der Waals surface area contributed by atoms with Crippen molar-refractivity contribution < 1.29 is 9.63 Å². The van der Waals surface area contributed by atoms with Crippen LogP contribution in [0.3, 0.4) is 0 Å². The molecule has 1 fully saturated rings. The number of carbonyl (C=O) groups excluding carboxylic acids is 1. The van der Waals surface area contributed by atoms with Crippen LogP contribution in [-0.4, -0.2) is 82.1 Å². The Bertz CT molecular complexity index is 1720. The molecule has 7 rings (SSSR count). The topological polar surface area (TPSA) is 79.9 Å². The molecule has 1 N–H and O–H groups in total. The van der Waals surface area contributed by atoms with E-state index in [1.54, 1.807) is 7.11 Å². The average Bonchev–Trinajstić information content (AvgIpc) is 3.67. The number of rotatable bonds is 8. The molecule has 220 valence electrons. The normalized spacial score (nSPS) is 17.5. The molecule has 0 spiro atoms. The van der Waals surface area contributed by atoms with Crippen LogP contribution >= 0.6 is 0 Å². The summed E-state index contributed by atoms with van der Waals surface area (Å²) in [5, 5.41) is 14.5. The fraction of sp³-hybridized carbons (Fsp3) is 0.485. The maximum Gasteiger partial charge on any atom is 0.252 e. The number of fused-ring (bicyclic) bond motifs is 10. The summed E-state index contributed by atoms with van der Waals surface area (Å²) in [6.07, 6.45) is 6.14. The van der Waals surface area contributed by atoms with Crippen LogP contribution in [0, 0.1) is 0 Å². The van der Waals surface area contributed by atoms with Crippen LogP contribution < -0.4 is 5.32 Å². The molecule has 0 saturated carbocycles. The largest absolute Gasteiger partial charge is 0.399 e. The summed E-state index contributed by atoms with van der Waals surface area (Å²) < 4.78 is 4.44. The second kappa shape index (κ2) is 10.9. The van der Waals surface area contributed by atoms with E-state index in [0.29, 0.717) is 6.54 Å². The van der Waals surface area contributed by atoms with Crippen molar-refractivity contribution in [3.05, 3.63) is 52.3 Å². The molecule has 2 aromatic carbocycles. The van der Waals surface area contributed by atoms with Crippen LogP contribution in [0.25, 0.3) is 32.9 Å². The zero-order valence-corrected chi connectivity index (χ0v) is 25.3.